The van der Waals surface area contributed by atoms with Gasteiger partial charge in [0, 0.05) is 28.7 Å². The molecule has 0 saturated carbocycles. The van der Waals surface area contributed by atoms with Crippen LogP contribution in [-0.2, 0) is 20.7 Å². The van der Waals surface area contributed by atoms with Crippen LogP contribution in [0.4, 0.5) is 10.1 Å². The molecule has 1 aliphatic heterocycles. The maximum atomic E-state index is 14.9. The number of carbonyl (C=O) groups is 1. The molecular weight excluding hydrogens is 431 g/mol. The van der Waals surface area contributed by atoms with E-state index in [4.69, 9.17) is 20.5 Å². The molecule has 1 fully saturated rings. The Bertz CT molecular complexity index is 1140. The molecule has 0 aliphatic carbocycles. The van der Waals surface area contributed by atoms with Gasteiger partial charge in [-0.2, -0.15) is 5.26 Å². The van der Waals surface area contributed by atoms with E-state index in [1.165, 1.54) is 17.4 Å². The van der Waals surface area contributed by atoms with Crippen molar-refractivity contribution in [3.05, 3.63) is 59.4 Å². The number of carbonyl (C=O) groups excluding carboxylic acids is 1. The third-order valence-electron chi connectivity index (χ3n) is 5.06. The van der Waals surface area contributed by atoms with Gasteiger partial charge >= 0.3 is 5.97 Å². The number of nitrogens with two attached hydrogens (primary N) is 1. The third-order valence-corrected chi connectivity index (χ3v) is 6.00. The van der Waals surface area contributed by atoms with Crippen molar-refractivity contribution in [1.29, 1.82) is 5.26 Å². The van der Waals surface area contributed by atoms with Crippen molar-refractivity contribution in [2.45, 2.75) is 12.5 Å². The van der Waals surface area contributed by atoms with Crippen molar-refractivity contribution in [3.63, 3.8) is 0 Å². The average molecular weight is 453 g/mol. The van der Waals surface area contributed by atoms with Crippen LogP contribution in [0.2, 0.25) is 0 Å². The Morgan fingerprint density at radius 1 is 1.31 bits per heavy atom. The van der Waals surface area contributed by atoms with E-state index in [1.54, 1.807) is 6.07 Å². The van der Waals surface area contributed by atoms with E-state index in [2.05, 4.69) is 11.1 Å². The zero-order chi connectivity index (χ0) is 22.5. The number of hydrogen-bond donors (Lipinski definition) is 1. The van der Waals surface area contributed by atoms with E-state index in [0.717, 1.165) is 21.8 Å². The summed E-state index contributed by atoms with van der Waals surface area (Å²) >= 11 is 1.48. The lowest BCUT2D eigenvalue weighted by Crippen LogP contribution is -2.27. The SMILES string of the molecule is N#CCc1csc(-c2ccc(-c3ccc(N4CO[C@@H](COC(=O)CN)C4)cc3F)cc2)n1. The van der Waals surface area contributed by atoms with Crippen molar-refractivity contribution in [2.75, 3.05) is 31.3 Å². The number of thiazole rings is 1. The number of halogens is 1. The summed E-state index contributed by atoms with van der Waals surface area (Å²) in [6.07, 6.45) is 0.00803. The molecule has 4 rings (SSSR count). The summed E-state index contributed by atoms with van der Waals surface area (Å²) < 4.78 is 25.5. The molecule has 2 N–H and O–H groups in total. The van der Waals surface area contributed by atoms with Gasteiger partial charge in [-0.15, -0.1) is 11.3 Å². The molecule has 0 radical (unpaired) electrons. The number of esters is 1. The van der Waals surface area contributed by atoms with Gasteiger partial charge in [0.1, 0.15) is 30.3 Å². The molecule has 164 valence electrons. The molecular formula is C23H21FN4O3S. The molecule has 0 bridgehead atoms. The highest BCUT2D eigenvalue weighted by atomic mass is 32.1. The van der Waals surface area contributed by atoms with E-state index in [1.807, 2.05) is 40.6 Å². The Kier molecular flexibility index (Phi) is 6.75. The lowest BCUT2D eigenvalue weighted by atomic mass is 10.0. The van der Waals surface area contributed by atoms with Crippen LogP contribution in [0.1, 0.15) is 5.69 Å². The number of nitriles is 1. The summed E-state index contributed by atoms with van der Waals surface area (Å²) in [5, 5.41) is 11.5. The fourth-order valence-corrected chi connectivity index (χ4v) is 4.23. The van der Waals surface area contributed by atoms with Gasteiger partial charge in [-0.3, -0.25) is 4.79 Å². The van der Waals surface area contributed by atoms with E-state index in [-0.39, 0.29) is 31.5 Å². The zero-order valence-corrected chi connectivity index (χ0v) is 18.0. The third kappa shape index (κ3) is 4.94. The highest BCUT2D eigenvalue weighted by Crippen LogP contribution is 2.31. The van der Waals surface area contributed by atoms with Crippen LogP contribution >= 0.6 is 11.3 Å². The van der Waals surface area contributed by atoms with Crippen LogP contribution in [-0.4, -0.2) is 43.5 Å². The highest BCUT2D eigenvalue weighted by Gasteiger charge is 2.25. The average Bonchev–Trinajstić information content (AvgIpc) is 3.48. The molecule has 1 saturated heterocycles. The summed E-state index contributed by atoms with van der Waals surface area (Å²) in [6.45, 7) is 0.736. The smallest absolute Gasteiger partial charge is 0.319 e. The molecule has 2 heterocycles. The molecule has 7 nitrogen and oxygen atoms in total. The first kappa shape index (κ1) is 21.9. The Balaban J connectivity index is 1.43. The second kappa shape index (κ2) is 9.87. The second-order valence-electron chi connectivity index (χ2n) is 7.25. The van der Waals surface area contributed by atoms with E-state index < -0.39 is 5.97 Å². The first-order valence-corrected chi connectivity index (χ1v) is 10.9. The van der Waals surface area contributed by atoms with Gasteiger partial charge in [-0.1, -0.05) is 24.3 Å². The molecule has 1 atom stereocenters. The Morgan fingerprint density at radius 3 is 2.81 bits per heavy atom. The van der Waals surface area contributed by atoms with Crippen LogP contribution < -0.4 is 10.6 Å². The number of nitrogens with zero attached hydrogens (tertiary/aromatic N) is 3. The highest BCUT2D eigenvalue weighted by molar-refractivity contribution is 7.13. The van der Waals surface area contributed by atoms with Gasteiger partial charge in [0.25, 0.3) is 0 Å². The van der Waals surface area contributed by atoms with Gasteiger partial charge < -0.3 is 20.1 Å². The number of ether oxygens (including phenoxy) is 2. The van der Waals surface area contributed by atoms with Gasteiger partial charge in [0.05, 0.1) is 24.7 Å². The first-order chi connectivity index (χ1) is 15.6. The van der Waals surface area contributed by atoms with Gasteiger partial charge in [-0.05, 0) is 23.8 Å². The largest absolute Gasteiger partial charge is 0.462 e. The topological polar surface area (TPSA) is 101 Å². The summed E-state index contributed by atoms with van der Waals surface area (Å²) in [7, 11) is 0. The van der Waals surface area contributed by atoms with Gasteiger partial charge in [0.15, 0.2) is 0 Å². The standard InChI is InChI=1S/C23H21FN4O3S/c24-21-9-18(28-11-19(31-14-28)12-30-22(29)10-26)5-6-20(21)15-1-3-16(4-2-15)23-27-17(7-8-25)13-32-23/h1-6,9,13,19H,7,10-12,14,26H2/t19-/m1/s1. The number of rotatable bonds is 7. The Labute approximate surface area is 188 Å². The Hall–Kier alpha value is -3.32. The lowest BCUT2D eigenvalue weighted by molar-refractivity contribution is -0.144. The fourth-order valence-electron chi connectivity index (χ4n) is 3.40. The van der Waals surface area contributed by atoms with Crippen LogP contribution in [0.15, 0.2) is 47.8 Å². The minimum atomic E-state index is -0.481. The summed E-state index contributed by atoms with van der Waals surface area (Å²) in [5.74, 6) is -0.815. The molecule has 1 aromatic heterocycles. The molecule has 0 spiro atoms. The van der Waals surface area contributed by atoms with Crippen LogP contribution in [0, 0.1) is 17.1 Å². The Morgan fingerprint density at radius 2 is 2.09 bits per heavy atom. The van der Waals surface area contributed by atoms with E-state index in [9.17, 15) is 9.18 Å². The van der Waals surface area contributed by atoms with E-state index >= 15 is 0 Å². The zero-order valence-electron chi connectivity index (χ0n) is 17.2. The normalized spacial score (nSPS) is 15.5. The molecule has 0 unspecified atom stereocenters. The van der Waals surface area contributed by atoms with Crippen molar-refractivity contribution in [3.8, 4) is 27.8 Å². The molecule has 3 aromatic rings. The van der Waals surface area contributed by atoms with E-state index in [0.29, 0.717) is 24.5 Å². The second-order valence-corrected chi connectivity index (χ2v) is 8.11. The monoisotopic (exact) mass is 452 g/mol. The molecule has 0 amide bonds. The van der Waals surface area contributed by atoms with Crippen molar-refractivity contribution >= 4 is 23.0 Å². The summed E-state index contributed by atoms with van der Waals surface area (Å²) in [4.78, 5) is 17.5. The van der Waals surface area contributed by atoms with Crippen LogP contribution in [0.3, 0.4) is 0 Å². The first-order valence-electron chi connectivity index (χ1n) is 10.0. The van der Waals surface area contributed by atoms with Crippen molar-refractivity contribution in [2.24, 2.45) is 5.73 Å². The van der Waals surface area contributed by atoms with Crippen molar-refractivity contribution < 1.29 is 18.7 Å². The van der Waals surface area contributed by atoms with Crippen molar-refractivity contribution in [1.82, 2.24) is 4.98 Å². The summed E-state index contributed by atoms with van der Waals surface area (Å²) in [5.41, 5.74) is 8.86. The maximum Gasteiger partial charge on any atom is 0.319 e. The van der Waals surface area contributed by atoms with Crippen LogP contribution in [0.5, 0.6) is 0 Å². The number of hydrogen-bond acceptors (Lipinski definition) is 8. The predicted molar refractivity (Wildman–Crippen MR) is 119 cm³/mol. The van der Waals surface area contributed by atoms with Gasteiger partial charge in [0.2, 0.25) is 0 Å². The number of anilines is 1. The minimum Gasteiger partial charge on any atom is -0.462 e. The fraction of sp³-hybridized carbons (Fsp3) is 0.261. The molecule has 9 heteroatoms. The molecule has 32 heavy (non-hydrogen) atoms. The number of benzene rings is 2. The van der Waals surface area contributed by atoms with Gasteiger partial charge in [-0.25, -0.2) is 9.37 Å². The lowest BCUT2D eigenvalue weighted by Gasteiger charge is -2.17. The number of aromatic nitrogens is 1. The predicted octanol–water partition coefficient (Wildman–Crippen LogP) is 3.35. The maximum absolute atomic E-state index is 14.9. The van der Waals surface area contributed by atoms with Crippen LogP contribution in [0.25, 0.3) is 21.7 Å². The minimum absolute atomic E-state index is 0.122. The summed E-state index contributed by atoms with van der Waals surface area (Å²) in [6, 6.07) is 14.7. The quantitative estimate of drug-likeness (QED) is 0.549. The molecule has 2 aromatic carbocycles. The molecule has 1 aliphatic rings.